The first kappa shape index (κ1) is 21.0. The second-order valence-corrected chi connectivity index (χ2v) is 12.2. The summed E-state index contributed by atoms with van der Waals surface area (Å²) in [5.41, 5.74) is 2.89. The Morgan fingerprint density at radius 1 is 0.964 bits per heavy atom. The van der Waals surface area contributed by atoms with Gasteiger partial charge in [-0.25, -0.2) is 0 Å². The molecule has 4 unspecified atom stereocenters. The minimum absolute atomic E-state index is 0.0376. The molecule has 0 radical (unpaired) electrons. The van der Waals surface area contributed by atoms with Gasteiger partial charge in [0.15, 0.2) is 0 Å². The predicted octanol–water partition coefficient (Wildman–Crippen LogP) is 7.39. The topological polar surface area (TPSA) is 20.2 Å². The molecule has 3 saturated carbocycles. The minimum atomic E-state index is -0.0376. The molecule has 0 spiro atoms. The lowest BCUT2D eigenvalue weighted by molar-refractivity contribution is -0.0427. The van der Waals surface area contributed by atoms with Gasteiger partial charge in [0.25, 0.3) is 0 Å². The van der Waals surface area contributed by atoms with Gasteiger partial charge in [-0.3, -0.25) is 0 Å². The fraction of sp³-hybridized carbons (Fsp3) is 0.926. The third-order valence-corrected chi connectivity index (χ3v) is 10.3. The number of hydrogen-bond acceptors (Lipinski definition) is 1. The molecule has 0 amide bonds. The van der Waals surface area contributed by atoms with Crippen molar-refractivity contribution in [3.63, 3.8) is 0 Å². The highest BCUT2D eigenvalue weighted by molar-refractivity contribution is 5.27. The molecule has 0 aliphatic heterocycles. The number of allylic oxidation sites excluding steroid dienone is 2. The van der Waals surface area contributed by atoms with E-state index in [0.717, 1.165) is 48.3 Å². The summed E-state index contributed by atoms with van der Waals surface area (Å²) >= 11 is 0. The van der Waals surface area contributed by atoms with Crippen molar-refractivity contribution in [2.24, 2.45) is 46.3 Å². The summed E-state index contributed by atoms with van der Waals surface area (Å²) in [5.74, 6) is 5.07. The van der Waals surface area contributed by atoms with Crippen molar-refractivity contribution in [1.29, 1.82) is 0 Å². The first-order valence-corrected chi connectivity index (χ1v) is 12.6. The third kappa shape index (κ3) is 3.42. The van der Waals surface area contributed by atoms with Crippen molar-refractivity contribution >= 4 is 0 Å². The Bertz CT molecular complexity index is 591. The van der Waals surface area contributed by atoms with E-state index >= 15 is 0 Å². The van der Waals surface area contributed by atoms with Crippen LogP contribution in [0.25, 0.3) is 0 Å². The van der Waals surface area contributed by atoms with E-state index in [9.17, 15) is 5.11 Å². The largest absolute Gasteiger partial charge is 0.393 e. The summed E-state index contributed by atoms with van der Waals surface area (Å²) in [4.78, 5) is 0. The fourth-order valence-electron chi connectivity index (χ4n) is 8.51. The van der Waals surface area contributed by atoms with Crippen LogP contribution in [0.1, 0.15) is 105 Å². The van der Waals surface area contributed by atoms with Crippen LogP contribution in [0.4, 0.5) is 0 Å². The first-order chi connectivity index (χ1) is 13.3. The van der Waals surface area contributed by atoms with E-state index in [1.165, 1.54) is 57.8 Å². The summed E-state index contributed by atoms with van der Waals surface area (Å²) in [6.07, 6.45) is 17.2. The number of rotatable bonds is 5. The molecule has 1 heteroatoms. The smallest absolute Gasteiger partial charge is 0.0543 e. The summed E-state index contributed by atoms with van der Waals surface area (Å²) in [6.45, 7) is 12.6. The molecule has 4 aliphatic carbocycles. The van der Waals surface area contributed by atoms with E-state index in [1.54, 1.807) is 0 Å². The van der Waals surface area contributed by atoms with Crippen LogP contribution < -0.4 is 0 Å². The van der Waals surface area contributed by atoms with Crippen molar-refractivity contribution in [3.8, 4) is 0 Å². The highest BCUT2D eigenvalue weighted by Crippen LogP contribution is 2.66. The fourth-order valence-corrected chi connectivity index (χ4v) is 8.51. The molecular weight excluding hydrogens is 340 g/mol. The van der Waals surface area contributed by atoms with Gasteiger partial charge >= 0.3 is 0 Å². The highest BCUT2D eigenvalue weighted by atomic mass is 16.3. The van der Waals surface area contributed by atoms with E-state index in [0.29, 0.717) is 10.8 Å². The average Bonchev–Trinajstić information content (AvgIpc) is 2.99. The molecule has 0 heterocycles. The van der Waals surface area contributed by atoms with Crippen molar-refractivity contribution < 1.29 is 5.11 Å². The Labute approximate surface area is 174 Å². The standard InChI is InChI=1S/C27H46O/c1-18(2)7-6-8-19(3)23-11-12-24-22-10-9-20-17-21(28)13-15-26(20,4)25(22)14-16-27(23,24)5/h10,18-21,23-25,28H,6-9,11-17H2,1-5H3/t19?,20-,21-,23?,24?,25?,26-,27+/m0/s1. The van der Waals surface area contributed by atoms with Crippen LogP contribution in [0.15, 0.2) is 11.6 Å². The molecule has 4 rings (SSSR count). The molecular formula is C27H46O. The zero-order chi connectivity index (χ0) is 20.1. The average molecular weight is 387 g/mol. The van der Waals surface area contributed by atoms with Crippen molar-refractivity contribution in [2.45, 2.75) is 111 Å². The number of hydrogen-bond donors (Lipinski definition) is 1. The Balaban J connectivity index is 1.50. The lowest BCUT2D eigenvalue weighted by atomic mass is 9.47. The summed E-state index contributed by atoms with van der Waals surface area (Å²) < 4.78 is 0. The minimum Gasteiger partial charge on any atom is -0.393 e. The molecule has 1 nitrogen and oxygen atoms in total. The molecule has 160 valence electrons. The molecule has 1 N–H and O–H groups in total. The van der Waals surface area contributed by atoms with Gasteiger partial charge < -0.3 is 5.11 Å². The van der Waals surface area contributed by atoms with E-state index < -0.39 is 0 Å². The van der Waals surface area contributed by atoms with Crippen molar-refractivity contribution in [2.75, 3.05) is 0 Å². The zero-order valence-electron chi connectivity index (χ0n) is 19.3. The third-order valence-electron chi connectivity index (χ3n) is 10.3. The maximum atomic E-state index is 10.2. The summed E-state index contributed by atoms with van der Waals surface area (Å²) in [5, 5.41) is 10.2. The Morgan fingerprint density at radius 3 is 2.43 bits per heavy atom. The van der Waals surface area contributed by atoms with E-state index in [4.69, 9.17) is 0 Å². The van der Waals surface area contributed by atoms with E-state index in [2.05, 4.69) is 40.7 Å². The van der Waals surface area contributed by atoms with Crippen LogP contribution in [0.3, 0.4) is 0 Å². The van der Waals surface area contributed by atoms with Crippen molar-refractivity contribution in [1.82, 2.24) is 0 Å². The monoisotopic (exact) mass is 386 g/mol. The second kappa shape index (κ2) is 7.75. The van der Waals surface area contributed by atoms with Gasteiger partial charge in [-0.2, -0.15) is 0 Å². The molecule has 0 aromatic carbocycles. The van der Waals surface area contributed by atoms with Gasteiger partial charge in [-0.1, -0.05) is 65.5 Å². The van der Waals surface area contributed by atoms with Crippen LogP contribution in [0.5, 0.6) is 0 Å². The molecule has 28 heavy (non-hydrogen) atoms. The number of aliphatic hydroxyl groups is 1. The zero-order valence-corrected chi connectivity index (χ0v) is 19.3. The quantitative estimate of drug-likeness (QED) is 0.488. The van der Waals surface area contributed by atoms with Crippen LogP contribution in [-0.2, 0) is 0 Å². The molecule has 0 saturated heterocycles. The molecule has 8 atom stereocenters. The van der Waals surface area contributed by atoms with E-state index in [-0.39, 0.29) is 6.10 Å². The van der Waals surface area contributed by atoms with Gasteiger partial charge in [0.05, 0.1) is 6.10 Å². The Morgan fingerprint density at radius 2 is 1.68 bits per heavy atom. The van der Waals surface area contributed by atoms with Gasteiger partial charge in [-0.05, 0) is 97.7 Å². The van der Waals surface area contributed by atoms with Gasteiger partial charge in [0, 0.05) is 0 Å². The van der Waals surface area contributed by atoms with Crippen LogP contribution in [0.2, 0.25) is 0 Å². The normalized spacial score (nSPS) is 46.5. The number of fused-ring (bicyclic) bond motifs is 5. The number of aliphatic hydroxyl groups excluding tert-OH is 1. The molecule has 0 bridgehead atoms. The second-order valence-electron chi connectivity index (χ2n) is 12.2. The van der Waals surface area contributed by atoms with Gasteiger partial charge in [0.2, 0.25) is 0 Å². The Hall–Kier alpha value is -0.300. The SMILES string of the molecule is CC(C)CCCC(C)C1CCC2C3=CC[C@H]4C[C@@H](O)CC[C@]4(C)C3CC[C@@]21C. The lowest BCUT2D eigenvalue weighted by Gasteiger charge is -2.57. The summed E-state index contributed by atoms with van der Waals surface area (Å²) in [7, 11) is 0. The first-order valence-electron chi connectivity index (χ1n) is 12.6. The Kier molecular flexibility index (Phi) is 5.80. The summed E-state index contributed by atoms with van der Waals surface area (Å²) in [6, 6.07) is 0. The van der Waals surface area contributed by atoms with Crippen LogP contribution >= 0.6 is 0 Å². The molecule has 4 aliphatic rings. The van der Waals surface area contributed by atoms with Crippen LogP contribution in [0, 0.1) is 46.3 Å². The van der Waals surface area contributed by atoms with E-state index in [1.807, 2.05) is 5.57 Å². The van der Waals surface area contributed by atoms with Crippen molar-refractivity contribution in [3.05, 3.63) is 11.6 Å². The molecule has 0 aromatic heterocycles. The lowest BCUT2D eigenvalue weighted by Crippen LogP contribution is -2.49. The maximum absolute atomic E-state index is 10.2. The van der Waals surface area contributed by atoms with Crippen LogP contribution in [-0.4, -0.2) is 11.2 Å². The molecule has 3 fully saturated rings. The van der Waals surface area contributed by atoms with Gasteiger partial charge in [-0.15, -0.1) is 0 Å². The maximum Gasteiger partial charge on any atom is 0.0543 e. The molecule has 0 aromatic rings. The van der Waals surface area contributed by atoms with Gasteiger partial charge in [0.1, 0.15) is 0 Å². The predicted molar refractivity (Wildman–Crippen MR) is 119 cm³/mol. The highest BCUT2D eigenvalue weighted by Gasteiger charge is 2.58.